The van der Waals surface area contributed by atoms with Gasteiger partial charge >= 0.3 is 0 Å². The van der Waals surface area contributed by atoms with E-state index in [4.69, 9.17) is 0 Å². The maximum atomic E-state index is 4.65. The molecule has 0 N–H and O–H groups in total. The van der Waals surface area contributed by atoms with Crippen LogP contribution in [0.2, 0.25) is 0 Å². The summed E-state index contributed by atoms with van der Waals surface area (Å²) in [6, 6.07) is 7.05. The van der Waals surface area contributed by atoms with Gasteiger partial charge in [0.05, 0.1) is 0 Å². The Morgan fingerprint density at radius 1 is 0.826 bits per heavy atom. The highest BCUT2D eigenvalue weighted by molar-refractivity contribution is 7.13. The van der Waals surface area contributed by atoms with E-state index < -0.39 is 0 Å². The molecule has 0 radical (unpaired) electrons. The summed E-state index contributed by atoms with van der Waals surface area (Å²) in [5.74, 6) is 1.56. The Morgan fingerprint density at radius 3 is 2.17 bits per heavy atom. The minimum Gasteiger partial charge on any atom is -0.245 e. The first kappa shape index (κ1) is 15.4. The molecule has 2 fully saturated rings. The van der Waals surface area contributed by atoms with Crippen LogP contribution in [0.1, 0.15) is 87.2 Å². The molecule has 0 bridgehead atoms. The van der Waals surface area contributed by atoms with Crippen LogP contribution in [0.25, 0.3) is 10.6 Å². The first-order chi connectivity index (χ1) is 11.4. The van der Waals surface area contributed by atoms with E-state index in [1.54, 1.807) is 22.5 Å². The molecular weight excluding hydrogens is 298 g/mol. The molecule has 0 amide bonds. The summed E-state index contributed by atoms with van der Waals surface area (Å²) < 4.78 is 0. The van der Waals surface area contributed by atoms with Gasteiger partial charge in [-0.25, -0.2) is 4.98 Å². The van der Waals surface area contributed by atoms with Crippen LogP contribution in [0.5, 0.6) is 0 Å². The summed E-state index contributed by atoms with van der Waals surface area (Å²) in [6.07, 6.45) is 16.0. The number of aromatic nitrogens is 1. The molecule has 1 heterocycles. The van der Waals surface area contributed by atoms with E-state index in [9.17, 15) is 0 Å². The van der Waals surface area contributed by atoms with Crippen molar-refractivity contribution in [2.24, 2.45) is 0 Å². The fourth-order valence-corrected chi connectivity index (χ4v) is 5.42. The SMILES string of the molecule is c1cc(-c2nccs2)c(C2CCCCC2)c(C2CCCCC2)c1. The summed E-state index contributed by atoms with van der Waals surface area (Å²) in [4.78, 5) is 4.65. The Hall–Kier alpha value is -1.15. The summed E-state index contributed by atoms with van der Waals surface area (Å²) in [7, 11) is 0. The molecule has 2 aromatic rings. The zero-order valence-corrected chi connectivity index (χ0v) is 14.8. The van der Waals surface area contributed by atoms with Crippen molar-refractivity contribution in [3.63, 3.8) is 0 Å². The lowest BCUT2D eigenvalue weighted by atomic mass is 9.74. The second-order valence-corrected chi connectivity index (χ2v) is 8.21. The molecule has 2 heteroatoms. The highest BCUT2D eigenvalue weighted by atomic mass is 32.1. The maximum Gasteiger partial charge on any atom is 0.123 e. The Bertz CT molecular complexity index is 619. The van der Waals surface area contributed by atoms with E-state index in [0.29, 0.717) is 0 Å². The van der Waals surface area contributed by atoms with Crippen LogP contribution in [-0.4, -0.2) is 4.98 Å². The zero-order valence-electron chi connectivity index (χ0n) is 14.0. The fraction of sp³-hybridized carbons (Fsp3) is 0.571. The van der Waals surface area contributed by atoms with E-state index in [1.165, 1.54) is 74.8 Å². The molecule has 2 saturated carbocycles. The molecule has 2 aliphatic carbocycles. The summed E-state index contributed by atoms with van der Waals surface area (Å²) in [5.41, 5.74) is 4.79. The predicted molar refractivity (Wildman–Crippen MR) is 99.2 cm³/mol. The van der Waals surface area contributed by atoms with Crippen molar-refractivity contribution in [3.8, 4) is 10.6 Å². The maximum absolute atomic E-state index is 4.65. The van der Waals surface area contributed by atoms with Crippen molar-refractivity contribution in [1.82, 2.24) is 4.98 Å². The van der Waals surface area contributed by atoms with Gasteiger partial charge in [-0.1, -0.05) is 56.7 Å². The minimum atomic E-state index is 0.765. The van der Waals surface area contributed by atoms with Gasteiger partial charge in [-0.05, 0) is 48.6 Å². The first-order valence-electron chi connectivity index (χ1n) is 9.46. The highest BCUT2D eigenvalue weighted by Crippen LogP contribution is 2.45. The van der Waals surface area contributed by atoms with Crippen molar-refractivity contribution >= 4 is 11.3 Å². The zero-order chi connectivity index (χ0) is 15.5. The molecule has 2 aliphatic rings. The van der Waals surface area contributed by atoms with Gasteiger partial charge < -0.3 is 0 Å². The lowest BCUT2D eigenvalue weighted by molar-refractivity contribution is 0.419. The molecular formula is C21H27NS. The highest BCUT2D eigenvalue weighted by Gasteiger charge is 2.27. The van der Waals surface area contributed by atoms with E-state index in [1.807, 2.05) is 6.20 Å². The van der Waals surface area contributed by atoms with Crippen molar-refractivity contribution in [3.05, 3.63) is 40.9 Å². The summed E-state index contributed by atoms with van der Waals surface area (Å²) in [5, 5.41) is 3.34. The van der Waals surface area contributed by atoms with E-state index in [0.717, 1.165) is 11.8 Å². The van der Waals surface area contributed by atoms with Gasteiger partial charge in [0.15, 0.2) is 0 Å². The topological polar surface area (TPSA) is 12.9 Å². The van der Waals surface area contributed by atoms with Crippen molar-refractivity contribution in [2.45, 2.75) is 76.0 Å². The first-order valence-corrected chi connectivity index (χ1v) is 10.3. The molecule has 0 aliphatic heterocycles. The van der Waals surface area contributed by atoms with Crippen LogP contribution in [-0.2, 0) is 0 Å². The standard InChI is InChI=1S/C21H27NS/c1-3-8-16(9-4-1)18-12-7-13-19(21-22-14-15-23-21)20(18)17-10-5-2-6-11-17/h7,12-17H,1-6,8-11H2. The fourth-order valence-electron chi connectivity index (χ4n) is 4.74. The molecule has 0 atom stereocenters. The van der Waals surface area contributed by atoms with Crippen LogP contribution in [0.3, 0.4) is 0 Å². The van der Waals surface area contributed by atoms with Gasteiger partial charge in [0.1, 0.15) is 5.01 Å². The smallest absolute Gasteiger partial charge is 0.123 e. The molecule has 1 aromatic heterocycles. The monoisotopic (exact) mass is 325 g/mol. The minimum absolute atomic E-state index is 0.765. The third-order valence-corrected chi connectivity index (χ3v) is 6.67. The van der Waals surface area contributed by atoms with Gasteiger partial charge in [-0.15, -0.1) is 11.3 Å². The summed E-state index contributed by atoms with van der Waals surface area (Å²) >= 11 is 1.80. The van der Waals surface area contributed by atoms with Crippen LogP contribution < -0.4 is 0 Å². The van der Waals surface area contributed by atoms with Crippen LogP contribution in [0, 0.1) is 0 Å². The van der Waals surface area contributed by atoms with Gasteiger partial charge in [0.25, 0.3) is 0 Å². The van der Waals surface area contributed by atoms with Crippen LogP contribution in [0.15, 0.2) is 29.8 Å². The normalized spacial score (nSPS) is 20.7. The number of rotatable bonds is 3. The molecule has 1 nitrogen and oxygen atoms in total. The Kier molecular flexibility index (Phi) is 4.80. The Morgan fingerprint density at radius 2 is 1.52 bits per heavy atom. The average molecular weight is 326 g/mol. The van der Waals surface area contributed by atoms with Gasteiger partial charge in [-0.3, -0.25) is 0 Å². The number of thiazole rings is 1. The number of hydrogen-bond acceptors (Lipinski definition) is 2. The van der Waals surface area contributed by atoms with Crippen LogP contribution in [0.4, 0.5) is 0 Å². The van der Waals surface area contributed by atoms with Crippen molar-refractivity contribution < 1.29 is 0 Å². The molecule has 0 unspecified atom stereocenters. The summed E-state index contributed by atoms with van der Waals surface area (Å²) in [6.45, 7) is 0. The van der Waals surface area contributed by atoms with Gasteiger partial charge in [-0.2, -0.15) is 0 Å². The number of hydrogen-bond donors (Lipinski definition) is 0. The number of benzene rings is 1. The van der Waals surface area contributed by atoms with Gasteiger partial charge in [0.2, 0.25) is 0 Å². The lowest BCUT2D eigenvalue weighted by Crippen LogP contribution is -2.13. The Balaban J connectivity index is 1.79. The van der Waals surface area contributed by atoms with E-state index in [2.05, 4.69) is 28.6 Å². The second-order valence-electron chi connectivity index (χ2n) is 7.32. The second kappa shape index (κ2) is 7.17. The van der Waals surface area contributed by atoms with Gasteiger partial charge in [0, 0.05) is 17.1 Å². The predicted octanol–water partition coefficient (Wildman–Crippen LogP) is 6.91. The molecule has 1 aromatic carbocycles. The van der Waals surface area contributed by atoms with Crippen molar-refractivity contribution in [1.29, 1.82) is 0 Å². The van der Waals surface area contributed by atoms with E-state index >= 15 is 0 Å². The number of nitrogens with zero attached hydrogens (tertiary/aromatic N) is 1. The average Bonchev–Trinajstić information content (AvgIpc) is 3.17. The quantitative estimate of drug-likeness (QED) is 0.597. The third-order valence-electron chi connectivity index (χ3n) is 5.86. The molecule has 23 heavy (non-hydrogen) atoms. The largest absolute Gasteiger partial charge is 0.245 e. The molecule has 0 spiro atoms. The third kappa shape index (κ3) is 3.24. The molecule has 0 saturated heterocycles. The lowest BCUT2D eigenvalue weighted by Gasteiger charge is -2.31. The van der Waals surface area contributed by atoms with Crippen molar-refractivity contribution in [2.75, 3.05) is 0 Å². The van der Waals surface area contributed by atoms with Crippen LogP contribution >= 0.6 is 11.3 Å². The molecule has 122 valence electrons. The molecule has 4 rings (SSSR count). The Labute approximate surface area is 144 Å². The van der Waals surface area contributed by atoms with E-state index in [-0.39, 0.29) is 0 Å².